The predicted molar refractivity (Wildman–Crippen MR) is 103 cm³/mol. The summed E-state index contributed by atoms with van der Waals surface area (Å²) in [5.41, 5.74) is -0.333. The molecule has 0 aromatic heterocycles. The van der Waals surface area contributed by atoms with E-state index in [2.05, 4.69) is 6.92 Å². The molecule has 3 heteroatoms. The first-order chi connectivity index (χ1) is 11.5. The van der Waals surface area contributed by atoms with E-state index in [1.807, 2.05) is 13.8 Å². The van der Waals surface area contributed by atoms with Gasteiger partial charge in [0.25, 0.3) is 0 Å². The van der Waals surface area contributed by atoms with E-state index >= 15 is 0 Å². The Balaban J connectivity index is 3.41. The molecule has 0 rings (SSSR count). The third kappa shape index (κ3) is 12.3. The smallest absolute Gasteiger partial charge is 0.103 e. The second-order valence-corrected chi connectivity index (χ2v) is 8.18. The van der Waals surface area contributed by atoms with Crippen LogP contribution in [0, 0.1) is 5.41 Å². The Morgan fingerprint density at radius 3 is 1.42 bits per heavy atom. The van der Waals surface area contributed by atoms with Crippen LogP contribution in [-0.2, 0) is 0 Å². The summed E-state index contributed by atoms with van der Waals surface area (Å²) in [6, 6.07) is 0. The highest BCUT2D eigenvalue weighted by atomic mass is 16.4. The van der Waals surface area contributed by atoms with Crippen molar-refractivity contribution in [3.63, 3.8) is 0 Å². The zero-order valence-electron chi connectivity index (χ0n) is 16.6. The molecule has 0 spiro atoms. The summed E-state index contributed by atoms with van der Waals surface area (Å²) in [4.78, 5) is 0. The van der Waals surface area contributed by atoms with Gasteiger partial charge in [0.2, 0.25) is 0 Å². The van der Waals surface area contributed by atoms with Gasteiger partial charge in [-0.3, -0.25) is 0 Å². The minimum Gasteiger partial charge on any atom is -0.394 e. The van der Waals surface area contributed by atoms with Gasteiger partial charge in [0, 0.05) is 0 Å². The summed E-state index contributed by atoms with van der Waals surface area (Å²) in [7, 11) is 0. The molecular formula is C21H44O3. The summed E-state index contributed by atoms with van der Waals surface area (Å²) >= 11 is 0. The molecule has 3 N–H and O–H groups in total. The van der Waals surface area contributed by atoms with Gasteiger partial charge in [0.05, 0.1) is 12.7 Å². The molecule has 0 heterocycles. The number of rotatable bonds is 17. The number of hydrogen-bond donors (Lipinski definition) is 3. The lowest BCUT2D eigenvalue weighted by atomic mass is 9.79. The van der Waals surface area contributed by atoms with Gasteiger partial charge in [-0.25, -0.2) is 0 Å². The Hall–Kier alpha value is -0.120. The van der Waals surface area contributed by atoms with E-state index in [1.54, 1.807) is 0 Å². The highest BCUT2D eigenvalue weighted by Crippen LogP contribution is 2.30. The summed E-state index contributed by atoms with van der Waals surface area (Å²) in [6.45, 7) is 5.83. The molecule has 3 nitrogen and oxygen atoms in total. The van der Waals surface area contributed by atoms with Crippen molar-refractivity contribution in [1.82, 2.24) is 0 Å². The summed E-state index contributed by atoms with van der Waals surface area (Å²) in [6.07, 6.45) is 16.4. The van der Waals surface area contributed by atoms with Gasteiger partial charge in [0.1, 0.15) is 6.10 Å². The molecule has 2 unspecified atom stereocenters. The maximum atomic E-state index is 10.0. The molecule has 0 amide bonds. The van der Waals surface area contributed by atoms with E-state index in [-0.39, 0.29) is 12.0 Å². The molecule has 0 aliphatic rings. The fourth-order valence-corrected chi connectivity index (χ4v) is 3.37. The van der Waals surface area contributed by atoms with Crippen molar-refractivity contribution in [2.24, 2.45) is 5.41 Å². The predicted octanol–water partition coefficient (Wildman–Crippen LogP) is 5.21. The second-order valence-electron chi connectivity index (χ2n) is 8.18. The lowest BCUT2D eigenvalue weighted by Crippen LogP contribution is -2.41. The van der Waals surface area contributed by atoms with Crippen LogP contribution in [0.2, 0.25) is 0 Å². The first kappa shape index (κ1) is 23.9. The number of hydrogen-bond acceptors (Lipinski definition) is 3. The van der Waals surface area contributed by atoms with Crippen molar-refractivity contribution < 1.29 is 15.3 Å². The first-order valence-corrected chi connectivity index (χ1v) is 10.4. The monoisotopic (exact) mass is 344 g/mol. The van der Waals surface area contributed by atoms with Crippen LogP contribution in [0.1, 0.15) is 111 Å². The topological polar surface area (TPSA) is 60.7 Å². The third-order valence-electron chi connectivity index (χ3n) is 5.28. The maximum Gasteiger partial charge on any atom is 0.103 e. The molecule has 0 aromatic rings. The van der Waals surface area contributed by atoms with Crippen molar-refractivity contribution in [3.05, 3.63) is 0 Å². The molecule has 2 atom stereocenters. The molecule has 0 bridgehead atoms. The maximum absolute atomic E-state index is 10.0. The molecule has 0 aliphatic heterocycles. The van der Waals surface area contributed by atoms with Gasteiger partial charge in [-0.05, 0) is 11.8 Å². The fraction of sp³-hybridized carbons (Fsp3) is 1.00. The van der Waals surface area contributed by atoms with Gasteiger partial charge in [-0.2, -0.15) is 0 Å². The van der Waals surface area contributed by atoms with Gasteiger partial charge in [0.15, 0.2) is 0 Å². The molecule has 0 saturated heterocycles. The van der Waals surface area contributed by atoms with Crippen LogP contribution in [0.3, 0.4) is 0 Å². The van der Waals surface area contributed by atoms with E-state index in [9.17, 15) is 10.2 Å². The van der Waals surface area contributed by atoms with Crippen molar-refractivity contribution in [2.45, 2.75) is 123 Å². The molecule has 0 fully saturated rings. The van der Waals surface area contributed by atoms with Crippen LogP contribution in [0.4, 0.5) is 0 Å². The third-order valence-corrected chi connectivity index (χ3v) is 5.28. The molecule has 0 saturated carbocycles. The van der Waals surface area contributed by atoms with Crippen LogP contribution < -0.4 is 0 Å². The highest BCUT2D eigenvalue weighted by molar-refractivity contribution is 4.82. The van der Waals surface area contributed by atoms with Gasteiger partial charge >= 0.3 is 0 Å². The fourth-order valence-electron chi connectivity index (χ4n) is 3.37. The Morgan fingerprint density at radius 1 is 0.667 bits per heavy atom. The van der Waals surface area contributed by atoms with Crippen LogP contribution in [0.5, 0.6) is 0 Å². The molecule has 0 radical (unpaired) electrons. The van der Waals surface area contributed by atoms with Crippen molar-refractivity contribution in [1.29, 1.82) is 0 Å². The summed E-state index contributed by atoms with van der Waals surface area (Å²) in [5, 5.41) is 28.5. The van der Waals surface area contributed by atoms with E-state index in [0.29, 0.717) is 0 Å². The first-order valence-electron chi connectivity index (χ1n) is 10.4. The molecule has 146 valence electrons. The van der Waals surface area contributed by atoms with Crippen LogP contribution >= 0.6 is 0 Å². The summed E-state index contributed by atoms with van der Waals surface area (Å²) < 4.78 is 0. The minimum atomic E-state index is -1.03. The lowest BCUT2D eigenvalue weighted by molar-refractivity contribution is -0.0746. The van der Waals surface area contributed by atoms with Crippen molar-refractivity contribution in [2.75, 3.05) is 6.61 Å². The Bertz CT molecular complexity index is 266. The Labute approximate surface area is 150 Å². The highest BCUT2D eigenvalue weighted by Gasteiger charge is 2.32. The lowest BCUT2D eigenvalue weighted by Gasteiger charge is -2.33. The average molecular weight is 345 g/mol. The van der Waals surface area contributed by atoms with E-state index in [0.717, 1.165) is 12.8 Å². The average Bonchev–Trinajstić information content (AvgIpc) is 2.57. The van der Waals surface area contributed by atoms with E-state index < -0.39 is 12.2 Å². The Morgan fingerprint density at radius 2 is 1.04 bits per heavy atom. The number of unbranched alkanes of at least 4 members (excludes halogenated alkanes) is 12. The molecule has 0 aromatic carbocycles. The summed E-state index contributed by atoms with van der Waals surface area (Å²) in [5.74, 6) is 0. The second kappa shape index (κ2) is 15.2. The normalized spacial score (nSPS) is 14.8. The zero-order valence-corrected chi connectivity index (χ0v) is 16.6. The van der Waals surface area contributed by atoms with Crippen LogP contribution in [0.15, 0.2) is 0 Å². The molecular weight excluding hydrogens is 300 g/mol. The number of aliphatic hydroxyl groups is 3. The van der Waals surface area contributed by atoms with Crippen molar-refractivity contribution in [3.8, 4) is 0 Å². The minimum absolute atomic E-state index is 0.333. The Kier molecular flexibility index (Phi) is 15.1. The van der Waals surface area contributed by atoms with E-state index in [4.69, 9.17) is 5.11 Å². The van der Waals surface area contributed by atoms with Gasteiger partial charge < -0.3 is 15.3 Å². The largest absolute Gasteiger partial charge is 0.394 e. The van der Waals surface area contributed by atoms with Crippen molar-refractivity contribution >= 4 is 0 Å². The zero-order chi connectivity index (χ0) is 18.3. The SMILES string of the molecule is CCCCCCCCCCCCCCCC(C)(C)C(O)C(O)CO. The quantitative estimate of drug-likeness (QED) is 0.317. The standard InChI is InChI=1S/C21H44O3/c1-4-5-6-7-8-9-10-11-12-13-14-15-16-17-21(2,3)20(24)19(23)18-22/h19-20,22-24H,4-18H2,1-3H3. The van der Waals surface area contributed by atoms with Gasteiger partial charge in [-0.15, -0.1) is 0 Å². The van der Waals surface area contributed by atoms with Crippen LogP contribution in [-0.4, -0.2) is 34.1 Å². The van der Waals surface area contributed by atoms with E-state index in [1.165, 1.54) is 77.0 Å². The molecule has 0 aliphatic carbocycles. The van der Waals surface area contributed by atoms with Gasteiger partial charge in [-0.1, -0.05) is 104 Å². The molecule has 24 heavy (non-hydrogen) atoms. The number of aliphatic hydroxyl groups excluding tert-OH is 3. The van der Waals surface area contributed by atoms with Crippen LogP contribution in [0.25, 0.3) is 0 Å².